The van der Waals surface area contributed by atoms with Crippen molar-refractivity contribution < 1.29 is 29.3 Å². The molecule has 0 amide bonds. The number of ether oxygens (including phenoxy) is 2. The standard InChI is InChI=1S/C8H14O6/c1-5(13-3)4-14-8(2,6(9)10)7(11)12/h5H,4H2,1-3H3,(H,9,10)(H,11,12). The minimum absolute atomic E-state index is 0.0917. The van der Waals surface area contributed by atoms with Gasteiger partial charge >= 0.3 is 11.9 Å². The third kappa shape index (κ3) is 2.97. The molecule has 6 nitrogen and oxygen atoms in total. The maximum absolute atomic E-state index is 10.6. The molecule has 0 aromatic carbocycles. The summed E-state index contributed by atoms with van der Waals surface area (Å²) in [6.45, 7) is 2.54. The minimum Gasteiger partial charge on any atom is -0.479 e. The van der Waals surface area contributed by atoms with E-state index in [1.54, 1.807) is 6.92 Å². The van der Waals surface area contributed by atoms with E-state index in [4.69, 9.17) is 19.7 Å². The Hall–Kier alpha value is -1.14. The van der Waals surface area contributed by atoms with Gasteiger partial charge in [0.15, 0.2) is 0 Å². The molecule has 0 aromatic heterocycles. The Balaban J connectivity index is 4.40. The van der Waals surface area contributed by atoms with Crippen LogP contribution in [0.25, 0.3) is 0 Å². The monoisotopic (exact) mass is 206 g/mol. The predicted octanol–water partition coefficient (Wildman–Crippen LogP) is -0.0342. The molecule has 0 fully saturated rings. The van der Waals surface area contributed by atoms with E-state index in [1.807, 2.05) is 0 Å². The van der Waals surface area contributed by atoms with Gasteiger partial charge in [0.1, 0.15) is 0 Å². The fourth-order valence-corrected chi connectivity index (χ4v) is 0.567. The van der Waals surface area contributed by atoms with Crippen LogP contribution in [0.5, 0.6) is 0 Å². The van der Waals surface area contributed by atoms with Gasteiger partial charge in [-0.1, -0.05) is 0 Å². The first-order valence-electron chi connectivity index (χ1n) is 3.98. The molecule has 1 atom stereocenters. The van der Waals surface area contributed by atoms with Crippen molar-refractivity contribution in [2.24, 2.45) is 0 Å². The van der Waals surface area contributed by atoms with Gasteiger partial charge in [-0.25, -0.2) is 9.59 Å². The van der Waals surface area contributed by atoms with Gasteiger partial charge in [0.25, 0.3) is 5.60 Å². The Bertz CT molecular complexity index is 210. The first kappa shape index (κ1) is 12.9. The first-order chi connectivity index (χ1) is 6.34. The number of hydrogen-bond acceptors (Lipinski definition) is 4. The molecule has 0 aliphatic rings. The summed E-state index contributed by atoms with van der Waals surface area (Å²) >= 11 is 0. The molecule has 0 aliphatic heterocycles. The van der Waals surface area contributed by atoms with Crippen molar-refractivity contribution in [1.29, 1.82) is 0 Å². The van der Waals surface area contributed by atoms with Crippen LogP contribution in [0.2, 0.25) is 0 Å². The lowest BCUT2D eigenvalue weighted by Gasteiger charge is -2.22. The van der Waals surface area contributed by atoms with Gasteiger partial charge in [-0.15, -0.1) is 0 Å². The van der Waals surface area contributed by atoms with Crippen LogP contribution >= 0.6 is 0 Å². The summed E-state index contributed by atoms with van der Waals surface area (Å²) in [4.78, 5) is 21.2. The second-order valence-corrected chi connectivity index (χ2v) is 3.00. The van der Waals surface area contributed by atoms with E-state index in [1.165, 1.54) is 7.11 Å². The second-order valence-electron chi connectivity index (χ2n) is 3.00. The fourth-order valence-electron chi connectivity index (χ4n) is 0.567. The maximum Gasteiger partial charge on any atom is 0.347 e. The normalized spacial score (nSPS) is 13.6. The van der Waals surface area contributed by atoms with Gasteiger partial charge in [-0.3, -0.25) is 0 Å². The lowest BCUT2D eigenvalue weighted by atomic mass is 10.1. The highest BCUT2D eigenvalue weighted by molar-refractivity contribution is 6.01. The van der Waals surface area contributed by atoms with E-state index in [0.29, 0.717) is 0 Å². The topological polar surface area (TPSA) is 93.1 Å². The average molecular weight is 206 g/mol. The molecular weight excluding hydrogens is 192 g/mol. The van der Waals surface area contributed by atoms with Crippen LogP contribution in [0.3, 0.4) is 0 Å². The van der Waals surface area contributed by atoms with Crippen molar-refractivity contribution in [3.63, 3.8) is 0 Å². The van der Waals surface area contributed by atoms with Crippen molar-refractivity contribution in [2.75, 3.05) is 13.7 Å². The number of methoxy groups -OCH3 is 1. The van der Waals surface area contributed by atoms with Crippen molar-refractivity contribution in [3.8, 4) is 0 Å². The molecule has 0 rings (SSSR count). The quantitative estimate of drug-likeness (QED) is 0.592. The smallest absolute Gasteiger partial charge is 0.347 e. The largest absolute Gasteiger partial charge is 0.479 e. The van der Waals surface area contributed by atoms with Crippen molar-refractivity contribution in [2.45, 2.75) is 25.6 Å². The molecule has 0 bridgehead atoms. The zero-order valence-corrected chi connectivity index (χ0v) is 8.31. The molecule has 0 saturated heterocycles. The van der Waals surface area contributed by atoms with Crippen LogP contribution in [-0.2, 0) is 19.1 Å². The molecule has 1 unspecified atom stereocenters. The van der Waals surface area contributed by atoms with E-state index < -0.39 is 17.5 Å². The van der Waals surface area contributed by atoms with Crippen LogP contribution in [0.15, 0.2) is 0 Å². The maximum atomic E-state index is 10.6. The van der Waals surface area contributed by atoms with Crippen LogP contribution in [0, 0.1) is 0 Å². The molecule has 0 aliphatic carbocycles. The summed E-state index contributed by atoms with van der Waals surface area (Å²) in [5.41, 5.74) is -2.22. The Labute approximate surface area is 81.4 Å². The number of carbonyl (C=O) groups is 2. The van der Waals surface area contributed by atoms with Crippen LogP contribution in [0.4, 0.5) is 0 Å². The SMILES string of the molecule is COC(C)COC(C)(C(=O)O)C(=O)O. The summed E-state index contributed by atoms with van der Waals surface area (Å²) in [6, 6.07) is 0. The van der Waals surface area contributed by atoms with E-state index in [0.717, 1.165) is 6.92 Å². The highest BCUT2D eigenvalue weighted by Crippen LogP contribution is 2.12. The third-order valence-electron chi connectivity index (χ3n) is 1.83. The molecule has 14 heavy (non-hydrogen) atoms. The molecule has 0 aromatic rings. The summed E-state index contributed by atoms with van der Waals surface area (Å²) in [5.74, 6) is -3.07. The fraction of sp³-hybridized carbons (Fsp3) is 0.750. The van der Waals surface area contributed by atoms with Crippen molar-refractivity contribution in [3.05, 3.63) is 0 Å². The van der Waals surface area contributed by atoms with Crippen molar-refractivity contribution >= 4 is 11.9 Å². The summed E-state index contributed by atoms with van der Waals surface area (Å²) < 4.78 is 9.58. The van der Waals surface area contributed by atoms with Gasteiger partial charge in [-0.05, 0) is 13.8 Å². The first-order valence-corrected chi connectivity index (χ1v) is 3.98. The molecule has 0 saturated carbocycles. The highest BCUT2D eigenvalue weighted by atomic mass is 16.6. The molecule has 6 heteroatoms. The van der Waals surface area contributed by atoms with E-state index in [2.05, 4.69) is 0 Å². The number of hydrogen-bond donors (Lipinski definition) is 2. The Morgan fingerprint density at radius 1 is 1.36 bits per heavy atom. The van der Waals surface area contributed by atoms with Gasteiger partial charge < -0.3 is 19.7 Å². The van der Waals surface area contributed by atoms with E-state index in [9.17, 15) is 9.59 Å². The zero-order valence-electron chi connectivity index (χ0n) is 8.31. The number of carboxylic acid groups (broad SMARTS) is 2. The van der Waals surface area contributed by atoms with Gasteiger partial charge in [-0.2, -0.15) is 0 Å². The third-order valence-corrected chi connectivity index (χ3v) is 1.83. The van der Waals surface area contributed by atoms with E-state index >= 15 is 0 Å². The van der Waals surface area contributed by atoms with Crippen LogP contribution in [0.1, 0.15) is 13.8 Å². The number of rotatable bonds is 6. The van der Waals surface area contributed by atoms with Gasteiger partial charge in [0, 0.05) is 7.11 Å². The Kier molecular flexibility index (Phi) is 4.52. The van der Waals surface area contributed by atoms with Crippen molar-refractivity contribution in [1.82, 2.24) is 0 Å². The zero-order chi connectivity index (χ0) is 11.4. The molecule has 0 radical (unpaired) electrons. The second kappa shape index (κ2) is 4.92. The predicted molar refractivity (Wildman–Crippen MR) is 46.1 cm³/mol. The summed E-state index contributed by atoms with van der Waals surface area (Å²) in [5, 5.41) is 17.3. The average Bonchev–Trinajstić information content (AvgIpc) is 2.12. The Morgan fingerprint density at radius 2 is 1.79 bits per heavy atom. The lowest BCUT2D eigenvalue weighted by Crippen LogP contribution is -2.47. The molecule has 0 heterocycles. The Morgan fingerprint density at radius 3 is 2.07 bits per heavy atom. The molecular formula is C8H14O6. The number of aliphatic carboxylic acids is 2. The highest BCUT2D eigenvalue weighted by Gasteiger charge is 2.43. The molecule has 2 N–H and O–H groups in total. The summed E-state index contributed by atoms with van der Waals surface area (Å²) in [7, 11) is 1.42. The van der Waals surface area contributed by atoms with Crippen LogP contribution < -0.4 is 0 Å². The van der Waals surface area contributed by atoms with Crippen LogP contribution in [-0.4, -0.2) is 47.6 Å². The lowest BCUT2D eigenvalue weighted by molar-refractivity contribution is -0.184. The molecule has 0 spiro atoms. The van der Waals surface area contributed by atoms with Gasteiger partial charge in [0.05, 0.1) is 12.7 Å². The van der Waals surface area contributed by atoms with Gasteiger partial charge in [0.2, 0.25) is 0 Å². The van der Waals surface area contributed by atoms with E-state index in [-0.39, 0.29) is 12.7 Å². The summed E-state index contributed by atoms with van der Waals surface area (Å²) in [6.07, 6.45) is -0.354. The number of carboxylic acids is 2. The molecule has 82 valence electrons. The minimum atomic E-state index is -2.22.